The first-order chi connectivity index (χ1) is 8.01. The van der Waals surface area contributed by atoms with Crippen molar-refractivity contribution < 1.29 is 4.74 Å². The maximum absolute atomic E-state index is 6.10. The normalized spacial score (nSPS) is 29.6. The van der Waals surface area contributed by atoms with Crippen LogP contribution in [-0.4, -0.2) is 19.2 Å². The van der Waals surface area contributed by atoms with Gasteiger partial charge in [0.1, 0.15) is 5.60 Å². The molecule has 1 aliphatic heterocycles. The second kappa shape index (κ2) is 4.79. The van der Waals surface area contributed by atoms with Crippen LogP contribution in [0, 0.1) is 0 Å². The van der Waals surface area contributed by atoms with Gasteiger partial charge in [-0.15, -0.1) is 0 Å². The molecule has 0 saturated carbocycles. The van der Waals surface area contributed by atoms with Gasteiger partial charge in [-0.1, -0.05) is 38.1 Å². The van der Waals surface area contributed by atoms with E-state index in [-0.39, 0.29) is 11.7 Å². The summed E-state index contributed by atoms with van der Waals surface area (Å²) in [6, 6.07) is 8.84. The van der Waals surface area contributed by atoms with Crippen LogP contribution >= 0.6 is 0 Å². The van der Waals surface area contributed by atoms with Crippen LogP contribution in [0.3, 0.4) is 0 Å². The van der Waals surface area contributed by atoms with Crippen LogP contribution in [0.2, 0.25) is 0 Å². The lowest BCUT2D eigenvalue weighted by Crippen LogP contribution is -2.49. The summed E-state index contributed by atoms with van der Waals surface area (Å²) in [7, 11) is 0. The highest BCUT2D eigenvalue weighted by atomic mass is 16.5. The summed E-state index contributed by atoms with van der Waals surface area (Å²) in [6.07, 6.45) is 0.276. The molecule has 1 fully saturated rings. The van der Waals surface area contributed by atoms with E-state index < -0.39 is 0 Å². The van der Waals surface area contributed by atoms with Crippen LogP contribution in [0.5, 0.6) is 0 Å². The largest absolute Gasteiger partial charge is 0.365 e. The van der Waals surface area contributed by atoms with Crippen molar-refractivity contribution in [1.29, 1.82) is 0 Å². The molecule has 0 bridgehead atoms. The molecule has 1 aromatic carbocycles. The van der Waals surface area contributed by atoms with Crippen molar-refractivity contribution in [2.75, 3.05) is 13.1 Å². The number of hydrogen-bond donors (Lipinski definition) is 1. The van der Waals surface area contributed by atoms with Gasteiger partial charge < -0.3 is 10.1 Å². The van der Waals surface area contributed by atoms with Gasteiger partial charge in [0.05, 0.1) is 6.10 Å². The Morgan fingerprint density at radius 2 is 1.94 bits per heavy atom. The molecular formula is C15H23NO. The van der Waals surface area contributed by atoms with E-state index >= 15 is 0 Å². The van der Waals surface area contributed by atoms with Crippen LogP contribution in [-0.2, 0) is 10.3 Å². The molecule has 2 atom stereocenters. The molecule has 94 valence electrons. The van der Waals surface area contributed by atoms with Crippen LogP contribution in [0.25, 0.3) is 0 Å². The van der Waals surface area contributed by atoms with Crippen molar-refractivity contribution in [3.63, 3.8) is 0 Å². The highest BCUT2D eigenvalue weighted by Gasteiger charge is 2.32. The van der Waals surface area contributed by atoms with Gasteiger partial charge in [0.2, 0.25) is 0 Å². The lowest BCUT2D eigenvalue weighted by molar-refractivity contribution is -0.102. The minimum atomic E-state index is -0.187. The number of benzene rings is 1. The van der Waals surface area contributed by atoms with Gasteiger partial charge in [-0.3, -0.25) is 0 Å². The number of ether oxygens (including phenoxy) is 1. The fraction of sp³-hybridized carbons (Fsp3) is 0.600. The molecule has 2 rings (SSSR count). The van der Waals surface area contributed by atoms with E-state index in [4.69, 9.17) is 4.74 Å². The second-order valence-electron chi connectivity index (χ2n) is 5.57. The van der Waals surface area contributed by atoms with E-state index in [9.17, 15) is 0 Å². The lowest BCUT2D eigenvalue weighted by atomic mass is 9.91. The fourth-order valence-corrected chi connectivity index (χ4v) is 2.43. The summed E-state index contributed by atoms with van der Waals surface area (Å²) in [5.74, 6) is 0.584. The lowest BCUT2D eigenvalue weighted by Gasteiger charge is -2.38. The first kappa shape index (κ1) is 12.6. The molecule has 2 unspecified atom stereocenters. The van der Waals surface area contributed by atoms with Crippen LogP contribution in [0.1, 0.15) is 44.7 Å². The number of nitrogens with one attached hydrogen (secondary N) is 1. The maximum atomic E-state index is 6.10. The predicted molar refractivity (Wildman–Crippen MR) is 71.3 cm³/mol. The van der Waals surface area contributed by atoms with Gasteiger partial charge in [-0.2, -0.15) is 0 Å². The Morgan fingerprint density at radius 3 is 2.47 bits per heavy atom. The quantitative estimate of drug-likeness (QED) is 0.847. The minimum absolute atomic E-state index is 0.187. The van der Waals surface area contributed by atoms with Gasteiger partial charge in [0, 0.05) is 13.1 Å². The van der Waals surface area contributed by atoms with Crippen molar-refractivity contribution in [3.8, 4) is 0 Å². The summed E-state index contributed by atoms with van der Waals surface area (Å²) in [5, 5.41) is 3.44. The monoisotopic (exact) mass is 233 g/mol. The molecule has 17 heavy (non-hydrogen) atoms. The molecule has 0 radical (unpaired) electrons. The van der Waals surface area contributed by atoms with Crippen molar-refractivity contribution in [2.45, 2.75) is 45.3 Å². The average molecular weight is 233 g/mol. The molecule has 1 aromatic rings. The Labute approximate surface area is 104 Å². The second-order valence-corrected chi connectivity index (χ2v) is 5.57. The van der Waals surface area contributed by atoms with Gasteiger partial charge in [-0.25, -0.2) is 0 Å². The molecule has 1 aliphatic rings. The molecule has 1 N–H and O–H groups in total. The molecular weight excluding hydrogens is 210 g/mol. The fourth-order valence-electron chi connectivity index (χ4n) is 2.43. The molecule has 2 nitrogen and oxygen atoms in total. The van der Waals surface area contributed by atoms with E-state index in [1.807, 2.05) is 0 Å². The highest BCUT2D eigenvalue weighted by molar-refractivity contribution is 5.29. The van der Waals surface area contributed by atoms with E-state index in [2.05, 4.69) is 57.3 Å². The smallest absolute Gasteiger partial charge is 0.103 e. The Bertz CT molecular complexity index is 371. The summed E-state index contributed by atoms with van der Waals surface area (Å²) >= 11 is 0. The Morgan fingerprint density at radius 1 is 1.29 bits per heavy atom. The highest BCUT2D eigenvalue weighted by Crippen LogP contribution is 2.29. The molecule has 1 saturated heterocycles. The third kappa shape index (κ3) is 2.70. The van der Waals surface area contributed by atoms with Crippen LogP contribution in [0.4, 0.5) is 0 Å². The van der Waals surface area contributed by atoms with Gasteiger partial charge in [-0.05, 0) is 30.9 Å². The molecule has 0 amide bonds. The van der Waals surface area contributed by atoms with E-state index in [1.54, 1.807) is 0 Å². The molecule has 0 aromatic heterocycles. The topological polar surface area (TPSA) is 21.3 Å². The molecule has 0 aliphatic carbocycles. The molecule has 2 heteroatoms. The number of rotatable bonds is 2. The molecule has 0 spiro atoms. The van der Waals surface area contributed by atoms with E-state index in [0.29, 0.717) is 5.92 Å². The first-order valence-electron chi connectivity index (χ1n) is 6.50. The summed E-state index contributed by atoms with van der Waals surface area (Å²) in [4.78, 5) is 0. The number of hydrogen-bond acceptors (Lipinski definition) is 2. The number of morpholine rings is 1. The van der Waals surface area contributed by atoms with Crippen molar-refractivity contribution in [3.05, 3.63) is 35.4 Å². The van der Waals surface area contributed by atoms with Gasteiger partial charge in [0.15, 0.2) is 0 Å². The first-order valence-corrected chi connectivity index (χ1v) is 6.50. The maximum Gasteiger partial charge on any atom is 0.103 e. The zero-order chi connectivity index (χ0) is 12.5. The third-order valence-corrected chi connectivity index (χ3v) is 3.54. The third-order valence-electron chi connectivity index (χ3n) is 3.54. The Balaban J connectivity index is 2.21. The van der Waals surface area contributed by atoms with Gasteiger partial charge in [0.25, 0.3) is 0 Å². The summed E-state index contributed by atoms with van der Waals surface area (Å²) in [6.45, 7) is 10.6. The average Bonchev–Trinajstić information content (AvgIpc) is 2.29. The SMILES string of the molecule is CC1CNCC(C)(c2ccc(C(C)C)cc2)O1. The van der Waals surface area contributed by atoms with Crippen LogP contribution < -0.4 is 5.32 Å². The minimum Gasteiger partial charge on any atom is -0.365 e. The van der Waals surface area contributed by atoms with Crippen LogP contribution in [0.15, 0.2) is 24.3 Å². The zero-order valence-corrected chi connectivity index (χ0v) is 11.3. The standard InChI is InChI=1S/C15H23NO/c1-11(2)13-5-7-14(8-6-13)15(4)10-16-9-12(3)17-15/h5-8,11-12,16H,9-10H2,1-4H3. The van der Waals surface area contributed by atoms with E-state index in [1.165, 1.54) is 11.1 Å². The Kier molecular flexibility index (Phi) is 3.55. The summed E-state index contributed by atoms with van der Waals surface area (Å²) in [5.41, 5.74) is 2.46. The van der Waals surface area contributed by atoms with Crippen molar-refractivity contribution in [2.24, 2.45) is 0 Å². The van der Waals surface area contributed by atoms with Gasteiger partial charge >= 0.3 is 0 Å². The van der Waals surface area contributed by atoms with Crippen molar-refractivity contribution in [1.82, 2.24) is 5.32 Å². The van der Waals surface area contributed by atoms with Crippen molar-refractivity contribution >= 4 is 0 Å². The molecule has 1 heterocycles. The van der Waals surface area contributed by atoms with E-state index in [0.717, 1.165) is 13.1 Å². The summed E-state index contributed by atoms with van der Waals surface area (Å²) < 4.78 is 6.10. The zero-order valence-electron chi connectivity index (χ0n) is 11.3. The predicted octanol–water partition coefficient (Wildman–Crippen LogP) is 3.03. The Hall–Kier alpha value is -0.860.